The van der Waals surface area contributed by atoms with Gasteiger partial charge in [0.15, 0.2) is 0 Å². The van der Waals surface area contributed by atoms with Gasteiger partial charge in [-0.15, -0.1) is 0 Å². The number of carbonyl (C=O) groups is 2. The van der Waals surface area contributed by atoms with E-state index in [2.05, 4.69) is 24.4 Å². The van der Waals surface area contributed by atoms with Gasteiger partial charge in [0.1, 0.15) is 6.04 Å². The van der Waals surface area contributed by atoms with Crippen molar-refractivity contribution >= 4 is 11.8 Å². The molecule has 1 saturated heterocycles. The lowest BCUT2D eigenvalue weighted by molar-refractivity contribution is -0.138. The number of aryl methyl sites for hydroxylation is 1. The SMILES string of the molecule is CCCC(=O)N1CCC[C@H]1C(=O)NCc1ccc(CC)cc1. The average molecular weight is 302 g/mol. The Morgan fingerprint density at radius 3 is 2.50 bits per heavy atom. The Hall–Kier alpha value is -1.84. The molecule has 0 aromatic heterocycles. The molecule has 0 saturated carbocycles. The zero-order valence-corrected chi connectivity index (χ0v) is 13.6. The lowest BCUT2D eigenvalue weighted by Gasteiger charge is -2.24. The molecule has 22 heavy (non-hydrogen) atoms. The Kier molecular flexibility index (Phi) is 5.99. The average Bonchev–Trinajstić information content (AvgIpc) is 3.03. The van der Waals surface area contributed by atoms with Gasteiger partial charge in [-0.05, 0) is 36.8 Å². The Morgan fingerprint density at radius 2 is 1.86 bits per heavy atom. The van der Waals surface area contributed by atoms with Gasteiger partial charge in [-0.3, -0.25) is 9.59 Å². The lowest BCUT2D eigenvalue weighted by Crippen LogP contribution is -2.45. The first-order chi connectivity index (χ1) is 10.7. The number of benzene rings is 1. The van der Waals surface area contributed by atoms with Crippen LogP contribution < -0.4 is 5.32 Å². The van der Waals surface area contributed by atoms with Crippen LogP contribution in [0.5, 0.6) is 0 Å². The molecule has 4 heteroatoms. The summed E-state index contributed by atoms with van der Waals surface area (Å²) in [6, 6.07) is 8.00. The van der Waals surface area contributed by atoms with E-state index >= 15 is 0 Å². The zero-order valence-electron chi connectivity index (χ0n) is 13.6. The summed E-state index contributed by atoms with van der Waals surface area (Å²) in [5.74, 6) is 0.0777. The Bertz CT molecular complexity index is 510. The van der Waals surface area contributed by atoms with E-state index in [0.29, 0.717) is 19.5 Å². The van der Waals surface area contributed by atoms with E-state index in [1.54, 1.807) is 4.90 Å². The first kappa shape index (κ1) is 16.5. The van der Waals surface area contributed by atoms with Gasteiger partial charge in [0.05, 0.1) is 0 Å². The van der Waals surface area contributed by atoms with E-state index in [9.17, 15) is 9.59 Å². The van der Waals surface area contributed by atoms with Crippen LogP contribution in [0.1, 0.15) is 50.7 Å². The zero-order chi connectivity index (χ0) is 15.9. The van der Waals surface area contributed by atoms with E-state index < -0.39 is 0 Å². The van der Waals surface area contributed by atoms with Gasteiger partial charge in [-0.2, -0.15) is 0 Å². The number of nitrogens with one attached hydrogen (secondary N) is 1. The van der Waals surface area contributed by atoms with Crippen LogP contribution in [0.2, 0.25) is 0 Å². The highest BCUT2D eigenvalue weighted by Gasteiger charge is 2.33. The highest BCUT2D eigenvalue weighted by atomic mass is 16.2. The van der Waals surface area contributed by atoms with Crippen LogP contribution in [0, 0.1) is 0 Å². The highest BCUT2D eigenvalue weighted by Crippen LogP contribution is 2.19. The minimum absolute atomic E-state index is 0.0264. The summed E-state index contributed by atoms with van der Waals surface area (Å²) < 4.78 is 0. The molecule has 0 aliphatic carbocycles. The van der Waals surface area contributed by atoms with Crippen molar-refractivity contribution in [2.75, 3.05) is 6.54 Å². The number of hydrogen-bond donors (Lipinski definition) is 1. The topological polar surface area (TPSA) is 49.4 Å². The molecule has 1 aromatic rings. The maximum atomic E-state index is 12.4. The normalized spacial score (nSPS) is 17.5. The maximum Gasteiger partial charge on any atom is 0.243 e. The van der Waals surface area contributed by atoms with Crippen molar-refractivity contribution in [2.24, 2.45) is 0 Å². The second-order valence-corrected chi connectivity index (χ2v) is 5.88. The molecular weight excluding hydrogens is 276 g/mol. The molecule has 0 bridgehead atoms. The molecule has 1 atom stereocenters. The molecule has 120 valence electrons. The number of carbonyl (C=O) groups excluding carboxylic acids is 2. The van der Waals surface area contributed by atoms with Gasteiger partial charge < -0.3 is 10.2 Å². The van der Waals surface area contributed by atoms with Crippen LogP contribution in [-0.4, -0.2) is 29.3 Å². The van der Waals surface area contributed by atoms with Gasteiger partial charge in [-0.1, -0.05) is 38.1 Å². The van der Waals surface area contributed by atoms with Gasteiger partial charge in [0.2, 0.25) is 11.8 Å². The van der Waals surface area contributed by atoms with E-state index in [1.165, 1.54) is 5.56 Å². The first-order valence-corrected chi connectivity index (χ1v) is 8.30. The van der Waals surface area contributed by atoms with Gasteiger partial charge in [0.25, 0.3) is 0 Å². The van der Waals surface area contributed by atoms with E-state index in [0.717, 1.165) is 31.2 Å². The van der Waals surface area contributed by atoms with Crippen molar-refractivity contribution in [1.82, 2.24) is 10.2 Å². The summed E-state index contributed by atoms with van der Waals surface area (Å²) >= 11 is 0. The second-order valence-electron chi connectivity index (χ2n) is 5.88. The van der Waals surface area contributed by atoms with Crippen molar-refractivity contribution in [2.45, 2.75) is 58.5 Å². The second kappa shape index (κ2) is 7.97. The highest BCUT2D eigenvalue weighted by molar-refractivity contribution is 5.88. The first-order valence-electron chi connectivity index (χ1n) is 8.30. The van der Waals surface area contributed by atoms with Crippen LogP contribution in [0.3, 0.4) is 0 Å². The van der Waals surface area contributed by atoms with Crippen molar-refractivity contribution in [3.8, 4) is 0 Å². The Balaban J connectivity index is 1.89. The third-order valence-electron chi connectivity index (χ3n) is 4.24. The van der Waals surface area contributed by atoms with Crippen LogP contribution in [-0.2, 0) is 22.6 Å². The minimum Gasteiger partial charge on any atom is -0.350 e. The van der Waals surface area contributed by atoms with Crippen molar-refractivity contribution in [3.63, 3.8) is 0 Å². The van der Waals surface area contributed by atoms with Crippen molar-refractivity contribution < 1.29 is 9.59 Å². The fraction of sp³-hybridized carbons (Fsp3) is 0.556. The molecule has 1 fully saturated rings. The van der Waals surface area contributed by atoms with Gasteiger partial charge in [-0.25, -0.2) is 0 Å². The smallest absolute Gasteiger partial charge is 0.243 e. The molecule has 1 N–H and O–H groups in total. The Labute approximate surface area is 132 Å². The molecule has 1 aliphatic heterocycles. The van der Waals surface area contributed by atoms with Crippen LogP contribution in [0.25, 0.3) is 0 Å². The summed E-state index contributed by atoms with van der Waals surface area (Å²) in [5.41, 5.74) is 2.39. The molecule has 0 spiro atoms. The monoisotopic (exact) mass is 302 g/mol. The molecule has 1 aliphatic rings. The molecule has 2 amide bonds. The predicted octanol–water partition coefficient (Wildman–Crippen LogP) is 2.66. The third-order valence-corrected chi connectivity index (χ3v) is 4.24. The quantitative estimate of drug-likeness (QED) is 0.878. The van der Waals surface area contributed by atoms with Crippen molar-refractivity contribution in [1.29, 1.82) is 0 Å². The number of hydrogen-bond acceptors (Lipinski definition) is 2. The van der Waals surface area contributed by atoms with Crippen LogP contribution in [0.15, 0.2) is 24.3 Å². The van der Waals surface area contributed by atoms with E-state index in [-0.39, 0.29) is 17.9 Å². The maximum absolute atomic E-state index is 12.4. The van der Waals surface area contributed by atoms with Crippen LogP contribution >= 0.6 is 0 Å². The van der Waals surface area contributed by atoms with E-state index in [4.69, 9.17) is 0 Å². The molecule has 1 aromatic carbocycles. The van der Waals surface area contributed by atoms with Crippen LogP contribution in [0.4, 0.5) is 0 Å². The van der Waals surface area contributed by atoms with Gasteiger partial charge in [0, 0.05) is 19.5 Å². The summed E-state index contributed by atoms with van der Waals surface area (Å²) in [6.45, 7) is 5.35. The predicted molar refractivity (Wildman–Crippen MR) is 87.3 cm³/mol. The third kappa shape index (κ3) is 4.09. The number of rotatable bonds is 6. The fourth-order valence-corrected chi connectivity index (χ4v) is 2.90. The molecule has 4 nitrogen and oxygen atoms in total. The van der Waals surface area contributed by atoms with E-state index in [1.807, 2.05) is 19.1 Å². The van der Waals surface area contributed by atoms with Crippen molar-refractivity contribution in [3.05, 3.63) is 35.4 Å². The molecule has 1 heterocycles. The number of nitrogens with zero attached hydrogens (tertiary/aromatic N) is 1. The summed E-state index contributed by atoms with van der Waals surface area (Å²) in [7, 11) is 0. The fourth-order valence-electron chi connectivity index (χ4n) is 2.90. The molecule has 0 radical (unpaired) electrons. The Morgan fingerprint density at radius 1 is 1.18 bits per heavy atom. The van der Waals surface area contributed by atoms with Gasteiger partial charge >= 0.3 is 0 Å². The molecule has 0 unspecified atom stereocenters. The summed E-state index contributed by atoms with van der Waals surface area (Å²) in [4.78, 5) is 26.2. The number of amides is 2. The largest absolute Gasteiger partial charge is 0.350 e. The standard InChI is InChI=1S/C18H26N2O2/c1-3-6-17(21)20-12-5-7-16(20)18(22)19-13-15-10-8-14(4-2)9-11-15/h8-11,16H,3-7,12-13H2,1-2H3,(H,19,22)/t16-/m0/s1. The summed E-state index contributed by atoms with van der Waals surface area (Å²) in [5, 5.41) is 2.97. The number of likely N-dealkylation sites (tertiary alicyclic amines) is 1. The molecular formula is C18H26N2O2. The lowest BCUT2D eigenvalue weighted by atomic mass is 10.1. The molecule has 2 rings (SSSR count). The minimum atomic E-state index is -0.283. The summed E-state index contributed by atoms with van der Waals surface area (Å²) in [6.07, 6.45) is 4.06.